The largest absolute Gasteiger partial charge is 0.351 e. The molecule has 1 aliphatic heterocycles. The van der Waals surface area contributed by atoms with Gasteiger partial charge >= 0.3 is 0 Å². The maximum atomic E-state index is 12.9. The number of hydrogen-bond donors (Lipinski definition) is 2. The van der Waals surface area contributed by atoms with Gasteiger partial charge in [-0.2, -0.15) is 4.98 Å². The molecule has 2 N–H and O–H groups in total. The van der Waals surface area contributed by atoms with Crippen molar-refractivity contribution in [2.75, 3.05) is 18.4 Å². The molecule has 1 saturated heterocycles. The van der Waals surface area contributed by atoms with Gasteiger partial charge in [-0.3, -0.25) is 4.79 Å². The van der Waals surface area contributed by atoms with Gasteiger partial charge in [-0.05, 0) is 56.2 Å². The van der Waals surface area contributed by atoms with Crippen LogP contribution in [-0.4, -0.2) is 66.3 Å². The Kier molecular flexibility index (Phi) is 5.98. The Labute approximate surface area is 206 Å². The van der Waals surface area contributed by atoms with Gasteiger partial charge in [0.1, 0.15) is 17.7 Å². The molecule has 0 atom stereocenters. The predicted octanol–water partition coefficient (Wildman–Crippen LogP) is 4.23. The smallest absolute Gasteiger partial charge is 0.258 e. The van der Waals surface area contributed by atoms with Crippen molar-refractivity contribution in [3.63, 3.8) is 0 Å². The number of H-pyrrole nitrogens is 1. The van der Waals surface area contributed by atoms with E-state index < -0.39 is 13.0 Å². The molecule has 3 aromatic heterocycles. The number of aromatic amines is 1. The highest BCUT2D eigenvalue weighted by Gasteiger charge is 2.30. The third-order valence-corrected chi connectivity index (χ3v) is 7.40. The molecule has 0 unspecified atom stereocenters. The fraction of sp³-hybridized carbons (Fsp3) is 0.480. The standard InChI is InChI=1S/C25H28F2N8O/c26-22(27)14-35-21-11-16(5-8-20(21)32-33-35)18-12-28-23-19(18)13-29-25(31-23)30-17-6-3-15(4-7-17)24(36)34-9-1-2-10-34/h5,8,11-13,15,17,22H,1-4,6-7,9-10,14H2,(H2,28,29,30,31)/t15-,17+. The van der Waals surface area contributed by atoms with Crippen LogP contribution in [0.15, 0.2) is 30.6 Å². The number of halogens is 2. The molecule has 6 rings (SSSR count). The lowest BCUT2D eigenvalue weighted by atomic mass is 9.85. The summed E-state index contributed by atoms with van der Waals surface area (Å²) in [6.45, 7) is 1.32. The number of carbonyl (C=O) groups is 1. The second-order valence-electron chi connectivity index (χ2n) is 9.75. The summed E-state index contributed by atoms with van der Waals surface area (Å²) in [7, 11) is 0. The fourth-order valence-electron chi connectivity index (χ4n) is 5.48. The van der Waals surface area contributed by atoms with Crippen molar-refractivity contribution >= 4 is 33.9 Å². The van der Waals surface area contributed by atoms with E-state index in [2.05, 4.69) is 30.6 Å². The highest BCUT2D eigenvalue weighted by Crippen LogP contribution is 2.31. The summed E-state index contributed by atoms with van der Waals surface area (Å²) in [5.74, 6) is 1.02. The minimum atomic E-state index is -2.51. The van der Waals surface area contributed by atoms with Gasteiger partial charge in [0.2, 0.25) is 11.9 Å². The number of nitrogens with zero attached hydrogens (tertiary/aromatic N) is 6. The number of hydrogen-bond acceptors (Lipinski definition) is 6. The van der Waals surface area contributed by atoms with Gasteiger partial charge in [-0.15, -0.1) is 5.10 Å². The molecule has 0 bridgehead atoms. The molecular formula is C25H28F2N8O. The Balaban J connectivity index is 1.15. The summed E-state index contributed by atoms with van der Waals surface area (Å²) in [5.41, 5.74) is 3.54. The first-order chi connectivity index (χ1) is 17.5. The van der Waals surface area contributed by atoms with E-state index in [1.54, 1.807) is 12.3 Å². The Morgan fingerprint density at radius 2 is 1.97 bits per heavy atom. The average Bonchev–Trinajstić information content (AvgIpc) is 3.64. The van der Waals surface area contributed by atoms with Crippen LogP contribution >= 0.6 is 0 Å². The molecule has 188 valence electrons. The Bertz CT molecular complexity index is 1390. The predicted molar refractivity (Wildman–Crippen MR) is 132 cm³/mol. The van der Waals surface area contributed by atoms with Crippen LogP contribution in [0.25, 0.3) is 33.2 Å². The third-order valence-electron chi connectivity index (χ3n) is 7.40. The highest BCUT2D eigenvalue weighted by molar-refractivity contribution is 5.95. The van der Waals surface area contributed by atoms with Gasteiger partial charge in [-0.1, -0.05) is 11.3 Å². The molecule has 4 aromatic rings. The minimum absolute atomic E-state index is 0.139. The highest BCUT2D eigenvalue weighted by atomic mass is 19.3. The second-order valence-corrected chi connectivity index (χ2v) is 9.75. The number of rotatable bonds is 6. The number of amides is 1. The Morgan fingerprint density at radius 3 is 2.75 bits per heavy atom. The van der Waals surface area contributed by atoms with Crippen molar-refractivity contribution in [1.29, 1.82) is 0 Å². The number of fused-ring (bicyclic) bond motifs is 2. The van der Waals surface area contributed by atoms with Gasteiger partial charge in [0, 0.05) is 48.4 Å². The van der Waals surface area contributed by atoms with Crippen LogP contribution in [0.5, 0.6) is 0 Å². The quantitative estimate of drug-likeness (QED) is 0.416. The summed E-state index contributed by atoms with van der Waals surface area (Å²) >= 11 is 0. The number of alkyl halides is 2. The van der Waals surface area contributed by atoms with Crippen LogP contribution in [0.4, 0.5) is 14.7 Å². The lowest BCUT2D eigenvalue weighted by Crippen LogP contribution is -2.37. The number of aromatic nitrogens is 6. The second kappa shape index (κ2) is 9.44. The average molecular weight is 495 g/mol. The Hall–Kier alpha value is -3.63. The number of anilines is 1. The van der Waals surface area contributed by atoms with Crippen LogP contribution < -0.4 is 5.32 Å². The zero-order valence-electron chi connectivity index (χ0n) is 19.8. The molecule has 0 spiro atoms. The van der Waals surface area contributed by atoms with E-state index in [0.717, 1.165) is 68.1 Å². The lowest BCUT2D eigenvalue weighted by molar-refractivity contribution is -0.135. The van der Waals surface area contributed by atoms with E-state index >= 15 is 0 Å². The van der Waals surface area contributed by atoms with Crippen molar-refractivity contribution in [3.05, 3.63) is 30.6 Å². The lowest BCUT2D eigenvalue weighted by Gasteiger charge is -2.30. The van der Waals surface area contributed by atoms with E-state index in [-0.39, 0.29) is 12.0 Å². The number of likely N-dealkylation sites (tertiary alicyclic amines) is 1. The molecule has 2 aliphatic rings. The van der Waals surface area contributed by atoms with Crippen molar-refractivity contribution in [3.8, 4) is 11.1 Å². The maximum Gasteiger partial charge on any atom is 0.258 e. The van der Waals surface area contributed by atoms with Crippen molar-refractivity contribution in [2.24, 2.45) is 5.92 Å². The molecule has 9 nitrogen and oxygen atoms in total. The van der Waals surface area contributed by atoms with Crippen LogP contribution in [0.1, 0.15) is 38.5 Å². The summed E-state index contributed by atoms with van der Waals surface area (Å²) < 4.78 is 27.0. The Morgan fingerprint density at radius 1 is 1.17 bits per heavy atom. The number of nitrogens with one attached hydrogen (secondary N) is 2. The van der Waals surface area contributed by atoms with Gasteiger partial charge in [-0.25, -0.2) is 18.4 Å². The first kappa shape index (κ1) is 22.8. The molecule has 11 heteroatoms. The van der Waals surface area contributed by atoms with Crippen LogP contribution in [0.2, 0.25) is 0 Å². The van der Waals surface area contributed by atoms with E-state index in [4.69, 9.17) is 0 Å². The molecule has 1 aromatic carbocycles. The first-order valence-electron chi connectivity index (χ1n) is 12.6. The first-order valence-corrected chi connectivity index (χ1v) is 12.6. The molecule has 4 heterocycles. The molecule has 1 amide bonds. The summed E-state index contributed by atoms with van der Waals surface area (Å²) in [4.78, 5) is 27.1. The molecule has 1 aliphatic carbocycles. The van der Waals surface area contributed by atoms with Crippen molar-refractivity contribution < 1.29 is 13.6 Å². The van der Waals surface area contributed by atoms with Crippen LogP contribution in [-0.2, 0) is 11.3 Å². The third kappa shape index (κ3) is 4.38. The maximum absolute atomic E-state index is 12.9. The molecule has 36 heavy (non-hydrogen) atoms. The SMILES string of the molecule is O=C([C@H]1CC[C@@H](Nc2ncc3c(-c4ccc5nnn(CC(F)F)c5c4)c[nH]c3n2)CC1)N1CCCC1. The number of carbonyl (C=O) groups excluding carboxylic acids is 1. The van der Waals surface area contributed by atoms with Gasteiger partial charge < -0.3 is 15.2 Å². The van der Waals surface area contributed by atoms with E-state index in [1.165, 1.54) is 4.68 Å². The summed E-state index contributed by atoms with van der Waals surface area (Å²) in [6.07, 6.45) is 6.98. The van der Waals surface area contributed by atoms with Crippen LogP contribution in [0.3, 0.4) is 0 Å². The molecule has 1 saturated carbocycles. The normalized spacial score (nSPS) is 20.6. The van der Waals surface area contributed by atoms with Gasteiger partial charge in [0.05, 0.1) is 5.52 Å². The monoisotopic (exact) mass is 494 g/mol. The topological polar surface area (TPSA) is 105 Å². The molecule has 2 fully saturated rings. The van der Waals surface area contributed by atoms with E-state index in [9.17, 15) is 13.6 Å². The van der Waals surface area contributed by atoms with E-state index in [1.807, 2.05) is 23.2 Å². The summed E-state index contributed by atoms with van der Waals surface area (Å²) in [6, 6.07) is 5.72. The zero-order chi connectivity index (χ0) is 24.6. The van der Waals surface area contributed by atoms with Crippen molar-refractivity contribution in [1.82, 2.24) is 34.8 Å². The van der Waals surface area contributed by atoms with Gasteiger partial charge in [0.15, 0.2) is 0 Å². The number of benzene rings is 1. The molecular weight excluding hydrogens is 466 g/mol. The van der Waals surface area contributed by atoms with Crippen LogP contribution in [0, 0.1) is 5.92 Å². The fourth-order valence-corrected chi connectivity index (χ4v) is 5.48. The van der Waals surface area contributed by atoms with Gasteiger partial charge in [0.25, 0.3) is 6.43 Å². The zero-order valence-corrected chi connectivity index (χ0v) is 19.8. The van der Waals surface area contributed by atoms with Crippen molar-refractivity contribution in [2.45, 2.75) is 57.5 Å². The summed E-state index contributed by atoms with van der Waals surface area (Å²) in [5, 5.41) is 12.1. The minimum Gasteiger partial charge on any atom is -0.351 e. The molecule has 0 radical (unpaired) electrons. The van der Waals surface area contributed by atoms with E-state index in [0.29, 0.717) is 28.5 Å².